The van der Waals surface area contributed by atoms with Gasteiger partial charge in [0.2, 0.25) is 0 Å². The number of halogens is 3. The highest BCUT2D eigenvalue weighted by molar-refractivity contribution is 5.55. The molecule has 0 spiro atoms. The van der Waals surface area contributed by atoms with Crippen molar-refractivity contribution in [2.75, 3.05) is 0 Å². The van der Waals surface area contributed by atoms with E-state index in [0.717, 1.165) is 29.7 Å². The Balaban J connectivity index is 1.44. The van der Waals surface area contributed by atoms with Crippen molar-refractivity contribution in [2.45, 2.75) is 71.1 Å². The summed E-state index contributed by atoms with van der Waals surface area (Å²) in [6.45, 7) is 2.43. The fourth-order valence-electron chi connectivity index (χ4n) is 3.58. The van der Waals surface area contributed by atoms with Crippen LogP contribution in [0.5, 0.6) is 5.75 Å². The predicted molar refractivity (Wildman–Crippen MR) is 125 cm³/mol. The predicted octanol–water partition coefficient (Wildman–Crippen LogP) is 8.03. The van der Waals surface area contributed by atoms with Crippen LogP contribution in [0.15, 0.2) is 60.9 Å². The zero-order valence-electron chi connectivity index (χ0n) is 19.1. The Labute approximate surface area is 194 Å². The number of rotatable bonds is 12. The van der Waals surface area contributed by atoms with Crippen LogP contribution >= 0.6 is 0 Å². The molecule has 0 fully saturated rings. The molecule has 0 saturated carbocycles. The van der Waals surface area contributed by atoms with Gasteiger partial charge in [-0.1, -0.05) is 57.6 Å². The number of aromatic nitrogens is 2. The molecule has 0 atom stereocenters. The third-order valence-electron chi connectivity index (χ3n) is 5.57. The van der Waals surface area contributed by atoms with Crippen LogP contribution in [0.1, 0.15) is 68.6 Å². The molecule has 0 amide bonds. The van der Waals surface area contributed by atoms with E-state index in [9.17, 15) is 13.2 Å². The fourth-order valence-corrected chi connectivity index (χ4v) is 3.58. The van der Waals surface area contributed by atoms with Crippen LogP contribution in [0, 0.1) is 0 Å². The topological polar surface area (TPSA) is 35.0 Å². The first-order valence-electron chi connectivity index (χ1n) is 11.7. The Morgan fingerprint density at radius 2 is 1.33 bits per heavy atom. The van der Waals surface area contributed by atoms with Gasteiger partial charge in [0.25, 0.3) is 0 Å². The lowest BCUT2D eigenvalue weighted by atomic mass is 10.1. The van der Waals surface area contributed by atoms with Crippen molar-refractivity contribution in [3.8, 4) is 17.1 Å². The minimum Gasteiger partial charge on any atom is -0.489 e. The summed E-state index contributed by atoms with van der Waals surface area (Å²) in [4.78, 5) is 8.99. The zero-order chi connectivity index (χ0) is 23.5. The Morgan fingerprint density at radius 3 is 1.94 bits per heavy atom. The summed E-state index contributed by atoms with van der Waals surface area (Å²) in [5.74, 6) is 1.29. The highest BCUT2D eigenvalue weighted by Crippen LogP contribution is 2.29. The smallest absolute Gasteiger partial charge is 0.416 e. The van der Waals surface area contributed by atoms with Crippen molar-refractivity contribution < 1.29 is 17.9 Å². The number of alkyl halides is 3. The van der Waals surface area contributed by atoms with E-state index in [0.29, 0.717) is 17.1 Å². The number of benzene rings is 2. The average molecular weight is 457 g/mol. The molecule has 2 aromatic carbocycles. The Kier molecular flexibility index (Phi) is 9.28. The maximum Gasteiger partial charge on any atom is 0.416 e. The van der Waals surface area contributed by atoms with Crippen LogP contribution in [-0.2, 0) is 19.2 Å². The lowest BCUT2D eigenvalue weighted by molar-refractivity contribution is -0.137. The second-order valence-corrected chi connectivity index (χ2v) is 8.29. The summed E-state index contributed by atoms with van der Waals surface area (Å²) in [6, 6.07) is 12.4. The van der Waals surface area contributed by atoms with Crippen molar-refractivity contribution in [1.82, 2.24) is 9.97 Å². The summed E-state index contributed by atoms with van der Waals surface area (Å²) < 4.78 is 43.6. The molecule has 3 rings (SSSR count). The molecule has 1 heterocycles. The molecule has 176 valence electrons. The molecule has 3 aromatic rings. The molecule has 1 aromatic heterocycles. The SMILES string of the molecule is CCCCCCCCCc1cnc(-c2ccc(OCc3ccc(C(F)(F)F)cc3)cc2)nc1. The average Bonchev–Trinajstić information content (AvgIpc) is 2.83. The van der Waals surface area contributed by atoms with Gasteiger partial charge >= 0.3 is 6.18 Å². The molecule has 0 radical (unpaired) electrons. The number of hydrogen-bond donors (Lipinski definition) is 0. The van der Waals surface area contributed by atoms with Gasteiger partial charge in [-0.15, -0.1) is 0 Å². The van der Waals surface area contributed by atoms with E-state index < -0.39 is 11.7 Å². The quantitative estimate of drug-likeness (QED) is 0.259. The summed E-state index contributed by atoms with van der Waals surface area (Å²) in [6.07, 6.45) is 9.46. The zero-order valence-corrected chi connectivity index (χ0v) is 19.1. The van der Waals surface area contributed by atoms with Crippen LogP contribution in [0.2, 0.25) is 0 Å². The van der Waals surface area contributed by atoms with E-state index in [1.165, 1.54) is 57.1 Å². The van der Waals surface area contributed by atoms with Gasteiger partial charge in [-0.05, 0) is 60.4 Å². The number of unbranched alkanes of at least 4 members (excludes halogenated alkanes) is 6. The summed E-state index contributed by atoms with van der Waals surface area (Å²) in [7, 11) is 0. The molecular weight excluding hydrogens is 425 g/mol. The van der Waals surface area contributed by atoms with Gasteiger partial charge in [-0.3, -0.25) is 0 Å². The molecule has 0 aliphatic carbocycles. The largest absolute Gasteiger partial charge is 0.489 e. The standard InChI is InChI=1S/C27H31F3N2O/c1-2-3-4-5-6-7-8-9-22-18-31-26(32-19-22)23-12-16-25(17-13-23)33-20-21-10-14-24(15-11-21)27(28,29)30/h10-19H,2-9,20H2,1H3. The van der Waals surface area contributed by atoms with Crippen molar-refractivity contribution in [1.29, 1.82) is 0 Å². The Morgan fingerprint density at radius 1 is 0.727 bits per heavy atom. The lowest BCUT2D eigenvalue weighted by Crippen LogP contribution is -2.05. The molecule has 33 heavy (non-hydrogen) atoms. The van der Waals surface area contributed by atoms with Crippen molar-refractivity contribution >= 4 is 0 Å². The molecule has 6 heteroatoms. The van der Waals surface area contributed by atoms with Gasteiger partial charge < -0.3 is 4.74 Å². The minimum absolute atomic E-state index is 0.196. The number of aryl methyl sites for hydroxylation is 1. The summed E-state index contributed by atoms with van der Waals surface area (Å²) in [5, 5.41) is 0. The molecule has 0 bridgehead atoms. The Hall–Kier alpha value is -2.89. The van der Waals surface area contributed by atoms with E-state index in [2.05, 4.69) is 16.9 Å². The van der Waals surface area contributed by atoms with E-state index in [-0.39, 0.29) is 6.61 Å². The van der Waals surface area contributed by atoms with Gasteiger partial charge in [0.05, 0.1) is 5.56 Å². The maximum absolute atomic E-state index is 12.6. The molecule has 0 saturated heterocycles. The van der Waals surface area contributed by atoms with E-state index in [4.69, 9.17) is 4.74 Å². The monoisotopic (exact) mass is 456 g/mol. The van der Waals surface area contributed by atoms with Gasteiger partial charge in [0.1, 0.15) is 12.4 Å². The van der Waals surface area contributed by atoms with Gasteiger partial charge in [-0.25, -0.2) is 9.97 Å². The molecule has 3 nitrogen and oxygen atoms in total. The maximum atomic E-state index is 12.6. The third kappa shape index (κ3) is 8.19. The summed E-state index contributed by atoms with van der Waals surface area (Å²) >= 11 is 0. The van der Waals surface area contributed by atoms with E-state index in [1.807, 2.05) is 36.7 Å². The van der Waals surface area contributed by atoms with Crippen LogP contribution in [-0.4, -0.2) is 9.97 Å². The van der Waals surface area contributed by atoms with Crippen molar-refractivity contribution in [3.63, 3.8) is 0 Å². The fraction of sp³-hybridized carbons (Fsp3) is 0.407. The summed E-state index contributed by atoms with van der Waals surface area (Å²) in [5.41, 5.74) is 2.05. The second-order valence-electron chi connectivity index (χ2n) is 8.29. The van der Waals surface area contributed by atoms with Gasteiger partial charge in [0.15, 0.2) is 5.82 Å². The highest BCUT2D eigenvalue weighted by Gasteiger charge is 2.29. The molecular formula is C27H31F3N2O. The first-order chi connectivity index (χ1) is 16.0. The van der Waals surface area contributed by atoms with Crippen molar-refractivity contribution in [3.05, 3.63) is 77.6 Å². The molecule has 0 unspecified atom stereocenters. The van der Waals surface area contributed by atoms with E-state index in [1.54, 1.807) is 0 Å². The molecule has 0 aliphatic heterocycles. The van der Waals surface area contributed by atoms with Gasteiger partial charge in [-0.2, -0.15) is 13.2 Å². The number of hydrogen-bond acceptors (Lipinski definition) is 3. The van der Waals surface area contributed by atoms with Crippen LogP contribution in [0.25, 0.3) is 11.4 Å². The first kappa shape index (κ1) is 24.7. The van der Waals surface area contributed by atoms with Crippen LogP contribution in [0.3, 0.4) is 0 Å². The Bertz CT molecular complexity index is 953. The normalized spacial score (nSPS) is 11.5. The second kappa shape index (κ2) is 12.4. The van der Waals surface area contributed by atoms with E-state index >= 15 is 0 Å². The highest BCUT2D eigenvalue weighted by atomic mass is 19.4. The third-order valence-corrected chi connectivity index (χ3v) is 5.57. The van der Waals surface area contributed by atoms with Crippen LogP contribution in [0.4, 0.5) is 13.2 Å². The molecule has 0 aliphatic rings. The molecule has 0 N–H and O–H groups in total. The number of nitrogens with zero attached hydrogens (tertiary/aromatic N) is 2. The lowest BCUT2D eigenvalue weighted by Gasteiger charge is -2.09. The van der Waals surface area contributed by atoms with Gasteiger partial charge in [0, 0.05) is 18.0 Å². The number of ether oxygens (including phenoxy) is 1. The minimum atomic E-state index is -4.33. The van der Waals surface area contributed by atoms with Crippen molar-refractivity contribution in [2.24, 2.45) is 0 Å². The first-order valence-corrected chi connectivity index (χ1v) is 11.7. The van der Waals surface area contributed by atoms with Crippen LogP contribution < -0.4 is 4.74 Å².